The molecule has 1 saturated carbocycles. The highest BCUT2D eigenvalue weighted by atomic mass is 16.6. The summed E-state index contributed by atoms with van der Waals surface area (Å²) in [5, 5.41) is 0. The first-order chi connectivity index (χ1) is 21.3. The van der Waals surface area contributed by atoms with Gasteiger partial charge in [0, 0.05) is 31.7 Å². The molecule has 11 heteroatoms. The van der Waals surface area contributed by atoms with E-state index >= 15 is 0 Å². The van der Waals surface area contributed by atoms with Gasteiger partial charge in [-0.05, 0) is 49.2 Å². The zero-order chi connectivity index (χ0) is 31.4. The number of carbonyl (C=O) groups excluding carboxylic acids is 2. The maximum absolute atomic E-state index is 14.5. The first-order valence-corrected chi connectivity index (χ1v) is 14.5. The molecular weight excluding hydrogens is 568 g/mol. The van der Waals surface area contributed by atoms with Crippen LogP contribution in [0, 0.1) is 11.3 Å². The molecule has 0 N–H and O–H groups in total. The highest BCUT2D eigenvalue weighted by molar-refractivity contribution is 6.11. The number of piperidine rings is 2. The van der Waals surface area contributed by atoms with Gasteiger partial charge in [0.1, 0.15) is 24.0 Å². The number of allylic oxidation sites excluding steroid dienone is 1. The van der Waals surface area contributed by atoms with E-state index in [4.69, 9.17) is 38.2 Å². The molecule has 6 rings (SSSR count). The van der Waals surface area contributed by atoms with Crippen LogP contribution in [0.5, 0.6) is 23.0 Å². The second-order valence-electron chi connectivity index (χ2n) is 11.5. The molecule has 2 aromatic rings. The van der Waals surface area contributed by atoms with Crippen LogP contribution >= 0.6 is 0 Å². The number of hydrogen-bond donors (Lipinski definition) is 0. The number of ether oxygens (including phenoxy) is 7. The standard InChI is InChI=1S/C33H38N2O9/c1-8-18-16-35-24-14-21(18)33(31(37)43-7,17-44-30(36)19-11-25(39-3)28(42-6)26(12-19)40-4)32(15-27(35)41-5)22-13-20(38-2)9-10-23(22)34-29(24)32/h8-13,21,24,27H,14-17H2,1-7H3/b18-8-/t21-,24-,27-,32+,33+/m0/s1. The third-order valence-electron chi connectivity index (χ3n) is 10.1. The first kappa shape index (κ1) is 30.0. The van der Waals surface area contributed by atoms with Crippen molar-refractivity contribution in [2.24, 2.45) is 16.3 Å². The van der Waals surface area contributed by atoms with E-state index in [0.29, 0.717) is 42.4 Å². The summed E-state index contributed by atoms with van der Waals surface area (Å²) in [6, 6.07) is 8.73. The molecule has 4 aliphatic rings. The molecule has 3 heterocycles. The largest absolute Gasteiger partial charge is 0.497 e. The molecule has 0 spiro atoms. The summed E-state index contributed by atoms with van der Waals surface area (Å²) in [6.07, 6.45) is 2.76. The van der Waals surface area contributed by atoms with Gasteiger partial charge in [0.2, 0.25) is 5.75 Å². The van der Waals surface area contributed by atoms with E-state index in [9.17, 15) is 9.59 Å². The smallest absolute Gasteiger partial charge is 0.338 e. The number of benzene rings is 2. The fourth-order valence-electron chi connectivity index (χ4n) is 8.13. The SMILES string of the molecule is C/C=C1/CN2[C@@H](OC)C[C@]34C(=Nc5ccc(OC)cc53)[C@@H]2C[C@@H]1[C@]4(COC(=O)c1cc(OC)c(OC)c(OC)c1)C(=O)OC. The van der Waals surface area contributed by atoms with Crippen LogP contribution in [0.25, 0.3) is 0 Å². The van der Waals surface area contributed by atoms with E-state index < -0.39 is 22.8 Å². The molecule has 44 heavy (non-hydrogen) atoms. The highest BCUT2D eigenvalue weighted by Gasteiger charge is 2.75. The van der Waals surface area contributed by atoms with Gasteiger partial charge in [-0.2, -0.15) is 0 Å². The molecule has 3 bridgehead atoms. The second kappa shape index (κ2) is 11.1. The summed E-state index contributed by atoms with van der Waals surface area (Å²) in [4.78, 5) is 35.9. The zero-order valence-electron chi connectivity index (χ0n) is 26.1. The summed E-state index contributed by atoms with van der Waals surface area (Å²) in [5.41, 5.74) is 1.38. The van der Waals surface area contributed by atoms with Gasteiger partial charge in [-0.15, -0.1) is 0 Å². The topological polar surface area (TPSA) is 114 Å². The number of fused-ring (bicyclic) bond motifs is 2. The number of methoxy groups -OCH3 is 6. The van der Waals surface area contributed by atoms with Crippen molar-refractivity contribution in [1.29, 1.82) is 0 Å². The first-order valence-electron chi connectivity index (χ1n) is 14.5. The van der Waals surface area contributed by atoms with Gasteiger partial charge >= 0.3 is 11.9 Å². The van der Waals surface area contributed by atoms with E-state index in [1.807, 2.05) is 25.1 Å². The lowest BCUT2D eigenvalue weighted by molar-refractivity contribution is -0.182. The molecule has 0 radical (unpaired) electrons. The fraction of sp³-hybridized carbons (Fsp3) is 0.485. The van der Waals surface area contributed by atoms with Crippen molar-refractivity contribution in [3.05, 3.63) is 53.1 Å². The van der Waals surface area contributed by atoms with Gasteiger partial charge < -0.3 is 33.2 Å². The van der Waals surface area contributed by atoms with Crippen LogP contribution in [0.4, 0.5) is 5.69 Å². The summed E-state index contributed by atoms with van der Waals surface area (Å²) >= 11 is 0. The Kier molecular flexibility index (Phi) is 7.57. The van der Waals surface area contributed by atoms with Crippen LogP contribution < -0.4 is 18.9 Å². The molecule has 3 aliphatic heterocycles. The Morgan fingerprint density at radius 3 is 2.32 bits per heavy atom. The average molecular weight is 607 g/mol. The Hall–Kier alpha value is -4.09. The van der Waals surface area contributed by atoms with Crippen molar-refractivity contribution in [2.45, 2.75) is 37.5 Å². The van der Waals surface area contributed by atoms with Crippen LogP contribution in [0.15, 0.2) is 47.0 Å². The minimum atomic E-state index is -1.35. The van der Waals surface area contributed by atoms with E-state index in [1.165, 1.54) is 40.6 Å². The minimum absolute atomic E-state index is 0.0654. The predicted octanol–water partition coefficient (Wildman–Crippen LogP) is 4.09. The number of nitrogens with zero attached hydrogens (tertiary/aromatic N) is 2. The van der Waals surface area contributed by atoms with Crippen molar-refractivity contribution in [3.63, 3.8) is 0 Å². The van der Waals surface area contributed by atoms with E-state index in [0.717, 1.165) is 22.5 Å². The van der Waals surface area contributed by atoms with Crippen LogP contribution in [0.1, 0.15) is 35.7 Å². The van der Waals surface area contributed by atoms with Crippen molar-refractivity contribution in [3.8, 4) is 23.0 Å². The molecular formula is C33H38N2O9. The van der Waals surface area contributed by atoms with E-state index in [-0.39, 0.29) is 30.4 Å². The van der Waals surface area contributed by atoms with Gasteiger partial charge in [0.05, 0.1) is 58.3 Å². The molecule has 2 aromatic carbocycles. The number of hydrogen-bond acceptors (Lipinski definition) is 11. The second-order valence-corrected chi connectivity index (χ2v) is 11.5. The van der Waals surface area contributed by atoms with Crippen molar-refractivity contribution in [1.82, 2.24) is 4.90 Å². The molecule has 2 saturated heterocycles. The van der Waals surface area contributed by atoms with Gasteiger partial charge in [-0.1, -0.05) is 11.6 Å². The Bertz CT molecular complexity index is 1540. The Morgan fingerprint density at radius 1 is 1.00 bits per heavy atom. The molecule has 1 aliphatic carbocycles. The molecule has 3 fully saturated rings. The molecule has 0 unspecified atom stereocenters. The third-order valence-corrected chi connectivity index (χ3v) is 10.1. The Labute approximate surface area is 256 Å². The summed E-state index contributed by atoms with van der Waals surface area (Å²) in [7, 11) is 9.12. The average Bonchev–Trinajstić information content (AvgIpc) is 3.41. The molecule has 5 atom stereocenters. The lowest BCUT2D eigenvalue weighted by Crippen LogP contribution is -2.77. The summed E-state index contributed by atoms with van der Waals surface area (Å²) < 4.78 is 39.9. The third kappa shape index (κ3) is 3.91. The zero-order valence-corrected chi connectivity index (χ0v) is 26.1. The number of carbonyl (C=O) groups is 2. The molecule has 234 valence electrons. The lowest BCUT2D eigenvalue weighted by Gasteiger charge is -2.65. The number of esters is 2. The number of rotatable bonds is 9. The number of aliphatic imine (C=N–C) groups is 1. The monoisotopic (exact) mass is 606 g/mol. The maximum atomic E-state index is 14.5. The van der Waals surface area contributed by atoms with Crippen LogP contribution in [0.2, 0.25) is 0 Å². The van der Waals surface area contributed by atoms with Gasteiger partial charge in [-0.25, -0.2) is 4.79 Å². The van der Waals surface area contributed by atoms with Gasteiger partial charge in [-0.3, -0.25) is 14.7 Å². The van der Waals surface area contributed by atoms with Crippen molar-refractivity contribution in [2.75, 3.05) is 55.8 Å². The minimum Gasteiger partial charge on any atom is -0.497 e. The normalized spacial score (nSPS) is 28.9. The van der Waals surface area contributed by atoms with Crippen LogP contribution in [-0.4, -0.2) is 90.6 Å². The van der Waals surface area contributed by atoms with Crippen LogP contribution in [0.3, 0.4) is 0 Å². The summed E-state index contributed by atoms with van der Waals surface area (Å²) in [6.45, 7) is 2.32. The molecule has 0 amide bonds. The summed E-state index contributed by atoms with van der Waals surface area (Å²) in [5.74, 6) is 0.211. The fourth-order valence-corrected chi connectivity index (χ4v) is 8.13. The Balaban J connectivity index is 1.54. The molecule has 0 aromatic heterocycles. The Morgan fingerprint density at radius 2 is 1.73 bits per heavy atom. The maximum Gasteiger partial charge on any atom is 0.338 e. The van der Waals surface area contributed by atoms with Crippen LogP contribution in [-0.2, 0) is 24.4 Å². The van der Waals surface area contributed by atoms with Gasteiger partial charge in [0.15, 0.2) is 11.5 Å². The lowest BCUT2D eigenvalue weighted by atomic mass is 9.43. The van der Waals surface area contributed by atoms with Crippen molar-refractivity contribution < 1.29 is 42.7 Å². The predicted molar refractivity (Wildman–Crippen MR) is 160 cm³/mol. The van der Waals surface area contributed by atoms with E-state index in [1.54, 1.807) is 14.2 Å². The van der Waals surface area contributed by atoms with Crippen molar-refractivity contribution >= 4 is 23.3 Å². The quantitative estimate of drug-likeness (QED) is 0.306. The van der Waals surface area contributed by atoms with E-state index in [2.05, 4.69) is 11.0 Å². The molecule has 11 nitrogen and oxygen atoms in total. The highest BCUT2D eigenvalue weighted by Crippen LogP contribution is 2.67. The van der Waals surface area contributed by atoms with Gasteiger partial charge in [0.25, 0.3) is 0 Å².